The Kier molecular flexibility index (Phi) is 12.9. The van der Waals surface area contributed by atoms with Gasteiger partial charge in [0.25, 0.3) is 5.56 Å². The summed E-state index contributed by atoms with van der Waals surface area (Å²) in [6.45, 7) is 4.00. The van der Waals surface area contributed by atoms with Crippen molar-refractivity contribution in [2.75, 3.05) is 19.8 Å². The number of nitrogens with one attached hydrogen (secondary N) is 2. The van der Waals surface area contributed by atoms with E-state index in [1.165, 1.54) is 26.0 Å². The summed E-state index contributed by atoms with van der Waals surface area (Å²) < 4.78 is 36.8. The molecule has 1 unspecified atom stereocenters. The number of hydrogen-bond donors (Lipinski definition) is 3. The van der Waals surface area contributed by atoms with Crippen molar-refractivity contribution in [2.45, 2.75) is 58.1 Å². The van der Waals surface area contributed by atoms with E-state index in [-0.39, 0.29) is 18.9 Å². The molecule has 0 aliphatic heterocycles. The number of carbonyl (C=O) groups is 1. The first-order valence-corrected chi connectivity index (χ1v) is 13.7. The van der Waals surface area contributed by atoms with Gasteiger partial charge in [-0.15, -0.1) is 0 Å². The molecule has 0 radical (unpaired) electrons. The topological polar surface area (TPSA) is 207 Å². The maximum Gasteiger partial charge on any atom is 0.459 e. The second kappa shape index (κ2) is 15.8. The number of aliphatic hydroxyl groups is 1. The molecule has 0 aliphatic carbocycles. The molecular formula is C23H33N6O9P. The molecule has 1 aromatic heterocycles. The fraction of sp³-hybridized carbons (Fsp3) is 0.522. The lowest BCUT2D eigenvalue weighted by Gasteiger charge is -2.29. The van der Waals surface area contributed by atoms with E-state index in [0.29, 0.717) is 6.42 Å². The molecule has 0 bridgehead atoms. The van der Waals surface area contributed by atoms with Crippen LogP contribution < -0.4 is 20.9 Å². The molecule has 0 saturated carbocycles. The van der Waals surface area contributed by atoms with Crippen molar-refractivity contribution >= 4 is 13.7 Å². The third-order valence-electron chi connectivity index (χ3n) is 5.16. The number of aromatic nitrogens is 2. The summed E-state index contributed by atoms with van der Waals surface area (Å²) in [5, 5.41) is 16.3. The van der Waals surface area contributed by atoms with Gasteiger partial charge in [0.1, 0.15) is 24.1 Å². The summed E-state index contributed by atoms with van der Waals surface area (Å²) in [7, 11) is -4.28. The minimum absolute atomic E-state index is 0.176. The number of aromatic amines is 1. The second-order valence-corrected chi connectivity index (χ2v) is 10.1. The monoisotopic (exact) mass is 568 g/mol. The standard InChI is InChI=1S/C23H33N6O9P/c1-4-5-13-35-22(32)16(2)27-39(34,38-18-9-7-6-8-10-18)36-15-19(17(3)30)37-21(14-25-28-24)29-12-11-20(31)26-23(29)33/h6-12,16-17,19,21,30H,4-5,13-15H2,1-3H3,(H,27,34)(H,26,31,33)/t16-,17-,19+,21+,39?/m0/s1. The number of para-hydroxylation sites is 1. The van der Waals surface area contributed by atoms with Crippen LogP contribution in [-0.4, -0.2) is 58.6 Å². The Morgan fingerprint density at radius 2 is 1.97 bits per heavy atom. The largest absolute Gasteiger partial charge is 0.465 e. The van der Waals surface area contributed by atoms with Gasteiger partial charge in [-0.1, -0.05) is 36.7 Å². The summed E-state index contributed by atoms with van der Waals surface area (Å²) in [4.78, 5) is 40.8. The number of unbranched alkanes of at least 4 members (excludes halogenated alkanes) is 1. The number of nitrogens with zero attached hydrogens (tertiary/aromatic N) is 4. The number of ether oxygens (including phenoxy) is 2. The number of aliphatic hydroxyl groups excluding tert-OH is 1. The van der Waals surface area contributed by atoms with Crippen LogP contribution in [0.25, 0.3) is 10.4 Å². The maximum absolute atomic E-state index is 13.7. The second-order valence-electron chi connectivity index (χ2n) is 8.37. The van der Waals surface area contributed by atoms with E-state index < -0.39 is 56.0 Å². The van der Waals surface area contributed by atoms with Crippen molar-refractivity contribution in [3.05, 3.63) is 73.9 Å². The van der Waals surface area contributed by atoms with Gasteiger partial charge in [-0.05, 0) is 37.9 Å². The van der Waals surface area contributed by atoms with E-state index in [1.807, 2.05) is 6.92 Å². The predicted molar refractivity (Wildman–Crippen MR) is 140 cm³/mol. The number of hydrogen-bond acceptors (Lipinski definition) is 10. The fourth-order valence-electron chi connectivity index (χ4n) is 3.06. The average molecular weight is 569 g/mol. The molecule has 2 rings (SSSR count). The number of azide groups is 1. The lowest BCUT2D eigenvalue weighted by Crippen LogP contribution is -2.40. The number of benzene rings is 1. The molecule has 0 aliphatic rings. The zero-order valence-electron chi connectivity index (χ0n) is 21.8. The summed E-state index contributed by atoms with van der Waals surface area (Å²) in [5.41, 5.74) is 7.25. The molecule has 214 valence electrons. The zero-order chi connectivity index (χ0) is 28.8. The van der Waals surface area contributed by atoms with Crippen LogP contribution in [0.1, 0.15) is 39.8 Å². The molecule has 3 N–H and O–H groups in total. The Bertz CT molecular complexity index is 1260. The zero-order valence-corrected chi connectivity index (χ0v) is 22.7. The fourth-order valence-corrected chi connectivity index (χ4v) is 4.57. The van der Waals surface area contributed by atoms with E-state index >= 15 is 0 Å². The van der Waals surface area contributed by atoms with Gasteiger partial charge in [0, 0.05) is 17.2 Å². The van der Waals surface area contributed by atoms with Crippen LogP contribution in [0.4, 0.5) is 0 Å². The first-order valence-electron chi connectivity index (χ1n) is 12.2. The van der Waals surface area contributed by atoms with Gasteiger partial charge in [-0.3, -0.25) is 23.7 Å². The van der Waals surface area contributed by atoms with Crippen molar-refractivity contribution in [2.24, 2.45) is 5.11 Å². The SMILES string of the molecule is CCCCOC(=O)[C@H](C)NP(=O)(OC[C@@H](O[C@H](CN=[N+]=[N-])n1ccc(=O)[nH]c1=O)[C@H](C)O)Oc1ccccc1. The minimum Gasteiger partial charge on any atom is -0.465 e. The summed E-state index contributed by atoms with van der Waals surface area (Å²) in [6, 6.07) is 8.05. The third kappa shape index (κ3) is 10.7. The molecule has 15 nitrogen and oxygen atoms in total. The van der Waals surface area contributed by atoms with Crippen LogP contribution in [0.15, 0.2) is 57.3 Å². The van der Waals surface area contributed by atoms with Crippen molar-refractivity contribution < 1.29 is 33.0 Å². The first-order chi connectivity index (χ1) is 18.6. The van der Waals surface area contributed by atoms with E-state index in [4.69, 9.17) is 24.1 Å². The number of esters is 1. The van der Waals surface area contributed by atoms with E-state index in [1.54, 1.807) is 18.2 Å². The average Bonchev–Trinajstić information content (AvgIpc) is 2.89. The molecule has 2 aromatic rings. The van der Waals surface area contributed by atoms with Crippen LogP contribution in [-0.2, 0) is 23.4 Å². The Morgan fingerprint density at radius 1 is 1.26 bits per heavy atom. The molecule has 1 heterocycles. The van der Waals surface area contributed by atoms with Crippen molar-refractivity contribution in [3.8, 4) is 5.75 Å². The van der Waals surface area contributed by atoms with Gasteiger partial charge < -0.3 is 19.1 Å². The Balaban J connectivity index is 2.25. The number of rotatable bonds is 17. The van der Waals surface area contributed by atoms with Gasteiger partial charge in [-0.25, -0.2) is 9.36 Å². The van der Waals surface area contributed by atoms with E-state index in [2.05, 4.69) is 20.1 Å². The van der Waals surface area contributed by atoms with Gasteiger partial charge in [0.15, 0.2) is 0 Å². The van der Waals surface area contributed by atoms with Gasteiger partial charge >= 0.3 is 19.4 Å². The molecule has 39 heavy (non-hydrogen) atoms. The van der Waals surface area contributed by atoms with Crippen LogP contribution >= 0.6 is 7.75 Å². The van der Waals surface area contributed by atoms with E-state index in [0.717, 1.165) is 23.3 Å². The Labute approximate surface area is 224 Å². The summed E-state index contributed by atoms with van der Waals surface area (Å²) >= 11 is 0. The normalized spacial score (nSPS) is 15.7. The minimum atomic E-state index is -4.28. The Morgan fingerprint density at radius 3 is 2.59 bits per heavy atom. The van der Waals surface area contributed by atoms with Crippen LogP contribution in [0.5, 0.6) is 5.75 Å². The van der Waals surface area contributed by atoms with Crippen molar-refractivity contribution in [3.63, 3.8) is 0 Å². The van der Waals surface area contributed by atoms with Gasteiger partial charge in [0.2, 0.25) is 0 Å². The quantitative estimate of drug-likeness (QED) is 0.0634. The maximum atomic E-state index is 13.7. The molecule has 5 atom stereocenters. The number of carbonyl (C=O) groups excluding carboxylic acids is 1. The first kappa shape index (κ1) is 31.8. The highest BCUT2D eigenvalue weighted by Gasteiger charge is 2.34. The number of H-pyrrole nitrogens is 1. The van der Waals surface area contributed by atoms with Gasteiger partial charge in [0.05, 0.1) is 25.9 Å². The highest BCUT2D eigenvalue weighted by Crippen LogP contribution is 2.45. The molecular weight excluding hydrogens is 535 g/mol. The van der Waals surface area contributed by atoms with Crippen LogP contribution in [0.2, 0.25) is 0 Å². The van der Waals surface area contributed by atoms with Crippen LogP contribution in [0, 0.1) is 0 Å². The summed E-state index contributed by atoms with van der Waals surface area (Å²) in [6.07, 6.45) is -1.11. The Hall–Kier alpha value is -3.45. The third-order valence-corrected chi connectivity index (χ3v) is 6.80. The molecule has 0 amide bonds. The highest BCUT2D eigenvalue weighted by molar-refractivity contribution is 7.52. The smallest absolute Gasteiger partial charge is 0.459 e. The molecule has 16 heteroatoms. The van der Waals surface area contributed by atoms with Crippen molar-refractivity contribution in [1.29, 1.82) is 0 Å². The predicted octanol–water partition coefficient (Wildman–Crippen LogP) is 2.64. The highest BCUT2D eigenvalue weighted by atomic mass is 31.2. The van der Waals surface area contributed by atoms with E-state index in [9.17, 15) is 24.1 Å². The molecule has 1 aromatic carbocycles. The van der Waals surface area contributed by atoms with Gasteiger partial charge in [-0.2, -0.15) is 5.09 Å². The van der Waals surface area contributed by atoms with Crippen LogP contribution in [0.3, 0.4) is 0 Å². The molecule has 0 spiro atoms. The molecule has 0 saturated heterocycles. The lowest BCUT2D eigenvalue weighted by molar-refractivity contribution is -0.145. The summed E-state index contributed by atoms with van der Waals surface area (Å²) in [5.74, 6) is -0.491. The van der Waals surface area contributed by atoms with Crippen molar-refractivity contribution in [1.82, 2.24) is 14.6 Å². The molecule has 0 fully saturated rings. The lowest BCUT2D eigenvalue weighted by atomic mass is 10.2.